The number of pyridine rings is 1. The molecule has 1 aromatic heterocycles. The van der Waals surface area contributed by atoms with Crippen LogP contribution in [0.2, 0.25) is 0 Å². The van der Waals surface area contributed by atoms with E-state index in [0.717, 1.165) is 12.1 Å². The number of aromatic nitrogens is 1. The van der Waals surface area contributed by atoms with Crippen molar-refractivity contribution in [3.8, 4) is 5.75 Å². The fourth-order valence-electron chi connectivity index (χ4n) is 5.12. The highest BCUT2D eigenvalue weighted by molar-refractivity contribution is 7.84. The molecule has 1 fully saturated rings. The van der Waals surface area contributed by atoms with E-state index in [9.17, 15) is 23.3 Å². The number of nitrogens with zero attached hydrogens (tertiary/aromatic N) is 3. The lowest BCUT2D eigenvalue weighted by atomic mass is 9.93. The molecule has 3 aliphatic heterocycles. The summed E-state index contributed by atoms with van der Waals surface area (Å²) in [6.07, 6.45) is 0.668. The van der Waals surface area contributed by atoms with Gasteiger partial charge in [-0.15, -0.1) is 0 Å². The van der Waals surface area contributed by atoms with E-state index in [1.165, 1.54) is 21.8 Å². The van der Waals surface area contributed by atoms with Crippen LogP contribution >= 0.6 is 0 Å². The van der Waals surface area contributed by atoms with E-state index in [0.29, 0.717) is 16.0 Å². The minimum atomic E-state index is -1.67. The first kappa shape index (κ1) is 21.9. The molecule has 6 rings (SSSR count). The molecule has 3 aliphatic rings. The van der Waals surface area contributed by atoms with Crippen molar-refractivity contribution >= 4 is 16.7 Å². The fraction of sp³-hybridized carbons (Fsp3) is 0.250. The summed E-state index contributed by atoms with van der Waals surface area (Å²) in [7, 11) is -1.67. The van der Waals surface area contributed by atoms with Gasteiger partial charge in [-0.05, 0) is 23.3 Å². The summed E-state index contributed by atoms with van der Waals surface area (Å²) in [4.78, 5) is 27.5. The Morgan fingerprint density at radius 1 is 1.06 bits per heavy atom. The maximum atomic E-state index is 15.1. The average Bonchev–Trinajstić information content (AvgIpc) is 2.99. The molecule has 1 unspecified atom stereocenters. The van der Waals surface area contributed by atoms with Crippen molar-refractivity contribution in [3.05, 3.63) is 92.9 Å². The van der Waals surface area contributed by atoms with Crippen LogP contribution in [0.5, 0.6) is 5.75 Å². The van der Waals surface area contributed by atoms with Crippen molar-refractivity contribution in [1.29, 1.82) is 0 Å². The number of carbonyl (C=O) groups excluding carboxylic acids is 1. The van der Waals surface area contributed by atoms with Crippen molar-refractivity contribution in [1.82, 2.24) is 9.58 Å². The molecule has 0 bridgehead atoms. The zero-order valence-electron chi connectivity index (χ0n) is 18.2. The standard InChI is InChI=1S/C24H19F2N3O5S/c25-16-6-5-13-15(20(16)26)12-35(33)18-4-2-1-3-14(18)21(13)29-19-11-34-10-9-27(19)24(32)22-23(31)17(30)7-8-28(22)29/h1-8,19,21,31H,9-12H2/t19-,21+,35?/m1/s1. The van der Waals surface area contributed by atoms with E-state index in [1.54, 1.807) is 29.3 Å². The fourth-order valence-corrected chi connectivity index (χ4v) is 6.50. The largest absolute Gasteiger partial charge is 0.502 e. The van der Waals surface area contributed by atoms with Gasteiger partial charge in [0.25, 0.3) is 5.91 Å². The predicted octanol–water partition coefficient (Wildman–Crippen LogP) is 1.99. The second-order valence-electron chi connectivity index (χ2n) is 8.52. The molecule has 35 heavy (non-hydrogen) atoms. The Labute approximate surface area is 200 Å². The lowest BCUT2D eigenvalue weighted by Crippen LogP contribution is -2.66. The van der Waals surface area contributed by atoms with Crippen molar-refractivity contribution < 1.29 is 27.6 Å². The third-order valence-corrected chi connectivity index (χ3v) is 8.11. The zero-order chi connectivity index (χ0) is 24.4. The van der Waals surface area contributed by atoms with Crippen LogP contribution in [-0.4, -0.2) is 50.7 Å². The Hall–Kier alpha value is -3.57. The molecule has 180 valence electrons. The molecule has 3 aromatic rings. The first-order valence-electron chi connectivity index (χ1n) is 10.9. The van der Waals surface area contributed by atoms with Gasteiger partial charge in [0.2, 0.25) is 5.43 Å². The van der Waals surface area contributed by atoms with Crippen molar-refractivity contribution in [2.75, 3.05) is 24.8 Å². The molecule has 2 aromatic carbocycles. The number of fused-ring (bicyclic) bond motifs is 4. The van der Waals surface area contributed by atoms with Gasteiger partial charge in [0.05, 0.1) is 35.8 Å². The van der Waals surface area contributed by atoms with Crippen molar-refractivity contribution in [2.45, 2.75) is 22.9 Å². The molecular weight excluding hydrogens is 480 g/mol. The molecule has 4 heterocycles. The second kappa shape index (κ2) is 7.99. The minimum Gasteiger partial charge on any atom is -0.502 e. The SMILES string of the molecule is O=C1c2c(O)c(=O)ccn2N([C@@H]2c3ccccc3S(=O)Cc3c2ccc(F)c3F)[C@@H]2COCCN12. The van der Waals surface area contributed by atoms with Gasteiger partial charge >= 0.3 is 0 Å². The average molecular weight is 499 g/mol. The van der Waals surface area contributed by atoms with Gasteiger partial charge in [-0.3, -0.25) is 23.5 Å². The summed E-state index contributed by atoms with van der Waals surface area (Å²) < 4.78 is 49.7. The molecule has 0 spiro atoms. The van der Waals surface area contributed by atoms with Crippen LogP contribution in [-0.2, 0) is 21.3 Å². The van der Waals surface area contributed by atoms with E-state index in [-0.39, 0.29) is 36.8 Å². The predicted molar refractivity (Wildman–Crippen MR) is 121 cm³/mol. The Morgan fingerprint density at radius 3 is 2.69 bits per heavy atom. The number of rotatable bonds is 1. The summed E-state index contributed by atoms with van der Waals surface area (Å²) in [6.45, 7) is 0.557. The van der Waals surface area contributed by atoms with Gasteiger partial charge < -0.3 is 14.7 Å². The van der Waals surface area contributed by atoms with Gasteiger partial charge in [0, 0.05) is 29.3 Å². The molecule has 3 atom stereocenters. The summed E-state index contributed by atoms with van der Waals surface area (Å²) in [6, 6.07) is 9.65. The molecule has 0 aliphatic carbocycles. The number of halogens is 2. The Kier molecular flexibility index (Phi) is 5.01. The quantitative estimate of drug-likeness (QED) is 0.551. The van der Waals surface area contributed by atoms with Gasteiger partial charge in [-0.2, -0.15) is 0 Å². The molecule has 0 radical (unpaired) electrons. The Bertz CT molecular complexity index is 1480. The Morgan fingerprint density at radius 2 is 1.86 bits per heavy atom. The number of aromatic hydroxyl groups is 1. The number of carbonyl (C=O) groups is 1. The smallest absolute Gasteiger partial charge is 0.278 e. The molecule has 0 saturated carbocycles. The van der Waals surface area contributed by atoms with Gasteiger partial charge in [0.1, 0.15) is 6.17 Å². The summed E-state index contributed by atoms with van der Waals surface area (Å²) >= 11 is 0. The van der Waals surface area contributed by atoms with Gasteiger partial charge in [0.15, 0.2) is 23.1 Å². The maximum absolute atomic E-state index is 15.1. The summed E-state index contributed by atoms with van der Waals surface area (Å²) in [5.74, 6) is -3.61. The minimum absolute atomic E-state index is 0.0310. The van der Waals surface area contributed by atoms with Gasteiger partial charge in [-0.25, -0.2) is 8.78 Å². The van der Waals surface area contributed by atoms with Crippen molar-refractivity contribution in [3.63, 3.8) is 0 Å². The number of ether oxygens (including phenoxy) is 1. The molecule has 11 heteroatoms. The van der Waals surface area contributed by atoms with E-state index in [4.69, 9.17) is 4.74 Å². The summed E-state index contributed by atoms with van der Waals surface area (Å²) in [5, 5.41) is 12.3. The van der Waals surface area contributed by atoms with Crippen LogP contribution in [0, 0.1) is 11.6 Å². The van der Waals surface area contributed by atoms with Gasteiger partial charge in [-0.1, -0.05) is 24.3 Å². The first-order chi connectivity index (χ1) is 16.9. The lowest BCUT2D eigenvalue weighted by molar-refractivity contribution is -0.0197. The number of morpholine rings is 1. The number of hydrogen-bond acceptors (Lipinski definition) is 6. The van der Waals surface area contributed by atoms with Crippen LogP contribution in [0.15, 0.2) is 58.4 Å². The lowest BCUT2D eigenvalue weighted by Gasteiger charge is -2.51. The van der Waals surface area contributed by atoms with Crippen LogP contribution in [0.25, 0.3) is 0 Å². The highest BCUT2D eigenvalue weighted by Gasteiger charge is 2.46. The Balaban J connectivity index is 1.70. The number of amides is 1. The van der Waals surface area contributed by atoms with E-state index in [1.807, 2.05) is 0 Å². The second-order valence-corrected chi connectivity index (χ2v) is 9.93. The van der Waals surface area contributed by atoms with E-state index < -0.39 is 51.7 Å². The number of hydrogen-bond donors (Lipinski definition) is 1. The van der Waals surface area contributed by atoms with Crippen LogP contribution in [0.1, 0.15) is 33.2 Å². The normalized spacial score (nSPS) is 23.1. The molecule has 1 saturated heterocycles. The highest BCUT2D eigenvalue weighted by Crippen LogP contribution is 2.42. The van der Waals surface area contributed by atoms with E-state index in [2.05, 4.69) is 0 Å². The van der Waals surface area contributed by atoms with Crippen LogP contribution in [0.4, 0.5) is 8.78 Å². The molecule has 1 N–H and O–H groups in total. The molecule has 1 amide bonds. The maximum Gasteiger partial charge on any atom is 0.278 e. The topological polar surface area (TPSA) is 92.1 Å². The third-order valence-electron chi connectivity index (χ3n) is 6.70. The first-order valence-corrected chi connectivity index (χ1v) is 12.3. The number of benzene rings is 2. The van der Waals surface area contributed by atoms with E-state index >= 15 is 4.39 Å². The zero-order valence-corrected chi connectivity index (χ0v) is 19.0. The molecular formula is C24H19F2N3O5S. The third kappa shape index (κ3) is 3.15. The van der Waals surface area contributed by atoms with Crippen LogP contribution < -0.4 is 10.4 Å². The summed E-state index contributed by atoms with van der Waals surface area (Å²) in [5.41, 5.74) is -0.0443. The monoisotopic (exact) mass is 499 g/mol. The molecule has 8 nitrogen and oxygen atoms in total. The highest BCUT2D eigenvalue weighted by atomic mass is 32.2. The van der Waals surface area contributed by atoms with Crippen LogP contribution in [0.3, 0.4) is 0 Å². The van der Waals surface area contributed by atoms with Crippen molar-refractivity contribution in [2.24, 2.45) is 0 Å².